The Bertz CT molecular complexity index is 518. The van der Waals surface area contributed by atoms with Crippen molar-refractivity contribution in [1.29, 1.82) is 0 Å². The molecule has 0 fully saturated rings. The molecule has 24 heavy (non-hydrogen) atoms. The van der Waals surface area contributed by atoms with Gasteiger partial charge < -0.3 is 18.9 Å². The van der Waals surface area contributed by atoms with Gasteiger partial charge in [0.05, 0.1) is 18.1 Å². The van der Waals surface area contributed by atoms with Crippen LogP contribution in [-0.4, -0.2) is 25.2 Å². The fraction of sp³-hybridized carbons (Fsp3) is 0.526. The van der Waals surface area contributed by atoms with Gasteiger partial charge in [-0.1, -0.05) is 12.7 Å². The zero-order valence-corrected chi connectivity index (χ0v) is 14.3. The largest absolute Gasteiger partial charge is 0.453 e. The highest BCUT2D eigenvalue weighted by Crippen LogP contribution is 2.34. The molecule has 2 aliphatic rings. The van der Waals surface area contributed by atoms with Crippen LogP contribution in [-0.2, 0) is 23.7 Å². The molecule has 0 spiro atoms. The van der Waals surface area contributed by atoms with E-state index in [4.69, 9.17) is 18.9 Å². The molecule has 0 heterocycles. The van der Waals surface area contributed by atoms with E-state index in [0.717, 1.165) is 50.0 Å². The van der Waals surface area contributed by atoms with Gasteiger partial charge in [0.25, 0.3) is 5.79 Å². The van der Waals surface area contributed by atoms with Crippen LogP contribution in [0.5, 0.6) is 0 Å². The minimum atomic E-state index is -1.28. The summed E-state index contributed by atoms with van der Waals surface area (Å²) in [4.78, 5) is 12.3. The van der Waals surface area contributed by atoms with Crippen molar-refractivity contribution >= 4 is 5.97 Å². The highest BCUT2D eigenvalue weighted by molar-refractivity contribution is 5.89. The molecule has 0 unspecified atom stereocenters. The molecule has 0 aromatic rings. The van der Waals surface area contributed by atoms with Gasteiger partial charge in [0.2, 0.25) is 0 Å². The van der Waals surface area contributed by atoms with Gasteiger partial charge in [-0.25, -0.2) is 4.79 Å². The van der Waals surface area contributed by atoms with E-state index in [0.29, 0.717) is 6.61 Å². The standard InChI is InChI=1S/C19H26O5/c1-4-13-21-14-22-18(20)15(2)19(3,23-16-9-5-6-10-16)24-17-11-7-8-12-17/h4,9,11H,1-2,5-8,10,12-14H2,3H3. The summed E-state index contributed by atoms with van der Waals surface area (Å²) in [6.45, 7) is 9.24. The molecule has 132 valence electrons. The van der Waals surface area contributed by atoms with E-state index >= 15 is 0 Å². The third-order valence-corrected chi connectivity index (χ3v) is 3.95. The van der Waals surface area contributed by atoms with Gasteiger partial charge in [-0.2, -0.15) is 0 Å². The summed E-state index contributed by atoms with van der Waals surface area (Å²) < 4.78 is 22.2. The summed E-state index contributed by atoms with van der Waals surface area (Å²) in [5.41, 5.74) is 0.116. The van der Waals surface area contributed by atoms with Crippen LogP contribution in [0.4, 0.5) is 0 Å². The molecular weight excluding hydrogens is 308 g/mol. The maximum absolute atomic E-state index is 12.3. The molecule has 0 N–H and O–H groups in total. The molecule has 0 aliphatic heterocycles. The van der Waals surface area contributed by atoms with Crippen molar-refractivity contribution in [2.24, 2.45) is 0 Å². The Balaban J connectivity index is 2.03. The lowest BCUT2D eigenvalue weighted by molar-refractivity contribution is -0.174. The van der Waals surface area contributed by atoms with E-state index in [9.17, 15) is 4.79 Å². The molecular formula is C19H26O5. The van der Waals surface area contributed by atoms with E-state index in [-0.39, 0.29) is 12.4 Å². The van der Waals surface area contributed by atoms with Crippen molar-refractivity contribution in [1.82, 2.24) is 0 Å². The van der Waals surface area contributed by atoms with Gasteiger partial charge >= 0.3 is 5.97 Å². The second kappa shape index (κ2) is 8.73. The lowest BCUT2D eigenvalue weighted by Gasteiger charge is -2.33. The molecule has 2 aliphatic carbocycles. The summed E-state index contributed by atoms with van der Waals surface area (Å²) >= 11 is 0. The van der Waals surface area contributed by atoms with Crippen molar-refractivity contribution in [3.8, 4) is 0 Å². The third-order valence-electron chi connectivity index (χ3n) is 3.95. The first kappa shape index (κ1) is 18.3. The number of allylic oxidation sites excluding steroid dienone is 4. The highest BCUT2D eigenvalue weighted by Gasteiger charge is 2.39. The summed E-state index contributed by atoms with van der Waals surface area (Å²) in [6, 6.07) is 0. The number of carbonyl (C=O) groups excluding carboxylic acids is 1. The first-order valence-electron chi connectivity index (χ1n) is 8.36. The van der Waals surface area contributed by atoms with Gasteiger partial charge in [-0.15, -0.1) is 6.58 Å². The van der Waals surface area contributed by atoms with E-state index in [1.165, 1.54) is 0 Å². The quantitative estimate of drug-likeness (QED) is 0.198. The van der Waals surface area contributed by atoms with E-state index < -0.39 is 11.8 Å². The summed E-state index contributed by atoms with van der Waals surface area (Å²) in [5.74, 6) is -0.221. The van der Waals surface area contributed by atoms with Crippen LogP contribution in [0.1, 0.15) is 45.4 Å². The Kier molecular flexibility index (Phi) is 6.67. The molecule has 0 aromatic carbocycles. The van der Waals surface area contributed by atoms with Crippen molar-refractivity contribution in [2.75, 3.05) is 13.4 Å². The molecule has 0 saturated heterocycles. The topological polar surface area (TPSA) is 54.0 Å². The Morgan fingerprint density at radius 3 is 2.25 bits per heavy atom. The molecule has 5 heteroatoms. The Morgan fingerprint density at radius 2 is 1.79 bits per heavy atom. The fourth-order valence-electron chi connectivity index (χ4n) is 2.61. The van der Waals surface area contributed by atoms with Gasteiger partial charge in [-0.05, 0) is 37.8 Å². The zero-order valence-electron chi connectivity index (χ0n) is 14.3. The lowest BCUT2D eigenvalue weighted by Crippen LogP contribution is -2.37. The minimum Gasteiger partial charge on any atom is -0.453 e. The average molecular weight is 334 g/mol. The predicted octanol–water partition coefficient (Wildman–Crippen LogP) is 4.13. The monoisotopic (exact) mass is 334 g/mol. The number of ether oxygens (including phenoxy) is 4. The summed E-state index contributed by atoms with van der Waals surface area (Å²) in [7, 11) is 0. The van der Waals surface area contributed by atoms with Gasteiger partial charge in [0.15, 0.2) is 6.79 Å². The third kappa shape index (κ3) is 4.99. The predicted molar refractivity (Wildman–Crippen MR) is 90.7 cm³/mol. The minimum absolute atomic E-state index is 0.116. The van der Waals surface area contributed by atoms with Gasteiger partial charge in [-0.3, -0.25) is 0 Å². The molecule has 5 nitrogen and oxygen atoms in total. The average Bonchev–Trinajstić information content (AvgIpc) is 3.24. The molecule has 0 radical (unpaired) electrons. The maximum Gasteiger partial charge on any atom is 0.343 e. The summed E-state index contributed by atoms with van der Waals surface area (Å²) in [6.07, 6.45) is 11.3. The second-order valence-corrected chi connectivity index (χ2v) is 5.96. The number of carbonyl (C=O) groups is 1. The highest BCUT2D eigenvalue weighted by atomic mass is 16.7. The van der Waals surface area contributed by atoms with E-state index in [2.05, 4.69) is 13.2 Å². The van der Waals surface area contributed by atoms with Gasteiger partial charge in [0, 0.05) is 19.8 Å². The van der Waals surface area contributed by atoms with Crippen molar-refractivity contribution in [3.63, 3.8) is 0 Å². The molecule has 0 amide bonds. The number of hydrogen-bond acceptors (Lipinski definition) is 5. The van der Waals surface area contributed by atoms with E-state index in [1.54, 1.807) is 13.0 Å². The number of hydrogen-bond donors (Lipinski definition) is 0. The van der Waals surface area contributed by atoms with Gasteiger partial charge in [0.1, 0.15) is 5.57 Å². The SMILES string of the molecule is C=CCOCOC(=O)C(=C)C(C)(OC1=CCCC1)OC1=CCCC1. The lowest BCUT2D eigenvalue weighted by atomic mass is 10.1. The number of esters is 1. The number of rotatable bonds is 10. The van der Waals surface area contributed by atoms with Crippen LogP contribution < -0.4 is 0 Å². The Morgan fingerprint density at radius 1 is 1.21 bits per heavy atom. The van der Waals surface area contributed by atoms with E-state index in [1.807, 2.05) is 12.2 Å². The van der Waals surface area contributed by atoms with Crippen molar-refractivity contribution < 1.29 is 23.7 Å². The molecule has 0 atom stereocenters. The molecule has 0 saturated carbocycles. The van der Waals surface area contributed by atoms with Crippen LogP contribution in [0, 0.1) is 0 Å². The Labute approximate surface area is 143 Å². The first-order chi connectivity index (χ1) is 11.5. The van der Waals surface area contributed by atoms with Crippen LogP contribution in [0.25, 0.3) is 0 Å². The fourth-order valence-corrected chi connectivity index (χ4v) is 2.61. The van der Waals surface area contributed by atoms with Crippen LogP contribution in [0.15, 0.2) is 48.5 Å². The molecule has 2 rings (SSSR count). The second-order valence-electron chi connectivity index (χ2n) is 5.96. The first-order valence-corrected chi connectivity index (χ1v) is 8.36. The van der Waals surface area contributed by atoms with Crippen LogP contribution in [0.2, 0.25) is 0 Å². The van der Waals surface area contributed by atoms with Crippen molar-refractivity contribution in [2.45, 2.75) is 51.2 Å². The van der Waals surface area contributed by atoms with Crippen LogP contribution >= 0.6 is 0 Å². The Hall–Kier alpha value is -2.01. The smallest absolute Gasteiger partial charge is 0.343 e. The summed E-state index contributed by atoms with van der Waals surface area (Å²) in [5, 5.41) is 0. The van der Waals surface area contributed by atoms with Crippen molar-refractivity contribution in [3.05, 3.63) is 48.5 Å². The molecule has 0 bridgehead atoms. The normalized spacial score (nSPS) is 17.0. The maximum atomic E-state index is 12.3. The molecule has 0 aromatic heterocycles. The van der Waals surface area contributed by atoms with Crippen LogP contribution in [0.3, 0.4) is 0 Å². The zero-order chi connectivity index (χ0) is 17.4.